The first kappa shape index (κ1) is 14.0. The molecule has 0 heterocycles. The molecule has 0 aliphatic heterocycles. The molecule has 0 aliphatic carbocycles. The molecule has 0 aromatic carbocycles. The molecule has 0 radical (unpaired) electrons. The van der Waals surface area contributed by atoms with Crippen LogP contribution in [-0.2, 0) is 14.8 Å². The normalized spacial score (nSPS) is 10.0. The predicted octanol–water partition coefficient (Wildman–Crippen LogP) is -3.02. The molecular formula is C5H12NNaO3S. The quantitative estimate of drug-likeness (QED) is 0.481. The SMILES string of the molecule is CCCS(=O)(=O)NC(C)=O.[H-].[Na+]. The average molecular weight is 189 g/mol. The average Bonchev–Trinajstić information content (AvgIpc) is 1.59. The minimum atomic E-state index is -3.33. The van der Waals surface area contributed by atoms with E-state index >= 15 is 0 Å². The van der Waals surface area contributed by atoms with Crippen molar-refractivity contribution < 1.29 is 44.2 Å². The van der Waals surface area contributed by atoms with Crippen molar-refractivity contribution in [2.24, 2.45) is 0 Å². The molecule has 62 valence electrons. The fourth-order valence-electron chi connectivity index (χ4n) is 0.539. The fraction of sp³-hybridized carbons (Fsp3) is 0.800. The van der Waals surface area contributed by atoms with Crippen LogP contribution in [0.2, 0.25) is 0 Å². The van der Waals surface area contributed by atoms with E-state index in [1.165, 1.54) is 6.92 Å². The molecule has 0 saturated heterocycles. The zero-order valence-corrected chi connectivity index (χ0v) is 9.86. The van der Waals surface area contributed by atoms with Crippen LogP contribution in [0.1, 0.15) is 21.7 Å². The summed E-state index contributed by atoms with van der Waals surface area (Å²) < 4.78 is 23.3. The first-order chi connectivity index (χ1) is 4.48. The molecule has 11 heavy (non-hydrogen) atoms. The molecule has 0 aromatic heterocycles. The van der Waals surface area contributed by atoms with E-state index in [0.29, 0.717) is 6.42 Å². The Balaban J connectivity index is -0.000000405. The van der Waals surface area contributed by atoms with Crippen LogP contribution in [0, 0.1) is 0 Å². The van der Waals surface area contributed by atoms with E-state index in [4.69, 9.17) is 0 Å². The summed E-state index contributed by atoms with van der Waals surface area (Å²) in [5.74, 6) is -0.527. The van der Waals surface area contributed by atoms with Crippen LogP contribution in [-0.4, -0.2) is 20.1 Å². The van der Waals surface area contributed by atoms with Gasteiger partial charge in [-0.1, -0.05) is 6.92 Å². The Kier molecular flexibility index (Phi) is 7.61. The van der Waals surface area contributed by atoms with E-state index in [1.807, 2.05) is 4.72 Å². The van der Waals surface area contributed by atoms with Crippen molar-refractivity contribution in [3.05, 3.63) is 0 Å². The van der Waals surface area contributed by atoms with E-state index < -0.39 is 15.9 Å². The minimum Gasteiger partial charge on any atom is -1.00 e. The third kappa shape index (κ3) is 8.33. The third-order valence-electron chi connectivity index (χ3n) is 0.772. The molecule has 0 bridgehead atoms. The number of nitrogens with one attached hydrogen (secondary N) is 1. The topological polar surface area (TPSA) is 63.2 Å². The Morgan fingerprint density at radius 3 is 2.27 bits per heavy atom. The van der Waals surface area contributed by atoms with Crippen molar-refractivity contribution in [3.8, 4) is 0 Å². The van der Waals surface area contributed by atoms with Crippen LogP contribution < -0.4 is 34.3 Å². The van der Waals surface area contributed by atoms with E-state index in [0.717, 1.165) is 0 Å². The van der Waals surface area contributed by atoms with Crippen LogP contribution >= 0.6 is 0 Å². The number of carbonyl (C=O) groups is 1. The number of carbonyl (C=O) groups excluding carboxylic acids is 1. The van der Waals surface area contributed by atoms with Gasteiger partial charge in [0.05, 0.1) is 5.75 Å². The third-order valence-corrected chi connectivity index (χ3v) is 2.32. The molecule has 0 rings (SSSR count). The Morgan fingerprint density at radius 2 is 2.00 bits per heavy atom. The summed E-state index contributed by atoms with van der Waals surface area (Å²) in [6.07, 6.45) is 0.516. The Labute approximate surface area is 90.6 Å². The van der Waals surface area contributed by atoms with Crippen molar-refractivity contribution in [1.29, 1.82) is 0 Å². The predicted molar refractivity (Wildman–Crippen MR) is 39.0 cm³/mol. The maximum atomic E-state index is 10.7. The van der Waals surface area contributed by atoms with Crippen LogP contribution in [0.4, 0.5) is 0 Å². The minimum absolute atomic E-state index is 0. The van der Waals surface area contributed by atoms with Gasteiger partial charge in [0.15, 0.2) is 0 Å². The van der Waals surface area contributed by atoms with E-state index in [2.05, 4.69) is 0 Å². The van der Waals surface area contributed by atoms with Gasteiger partial charge in [0.25, 0.3) is 0 Å². The molecule has 0 unspecified atom stereocenters. The molecule has 4 nitrogen and oxygen atoms in total. The second kappa shape index (κ2) is 5.99. The molecule has 1 N–H and O–H groups in total. The van der Waals surface area contributed by atoms with Gasteiger partial charge in [0, 0.05) is 6.92 Å². The Bertz CT molecular complexity index is 217. The zero-order valence-electron chi connectivity index (χ0n) is 8.05. The first-order valence-corrected chi connectivity index (χ1v) is 4.64. The van der Waals surface area contributed by atoms with Crippen LogP contribution in [0.15, 0.2) is 0 Å². The molecule has 6 heteroatoms. The summed E-state index contributed by atoms with van der Waals surface area (Å²) in [7, 11) is -3.33. The number of amides is 1. The monoisotopic (exact) mass is 189 g/mol. The first-order valence-electron chi connectivity index (χ1n) is 2.99. The second-order valence-corrected chi connectivity index (χ2v) is 3.82. The van der Waals surface area contributed by atoms with Crippen LogP contribution in [0.5, 0.6) is 0 Å². The summed E-state index contributed by atoms with van der Waals surface area (Å²) in [6.45, 7) is 2.91. The molecule has 1 amide bonds. The molecule has 0 spiro atoms. The van der Waals surface area contributed by atoms with Gasteiger partial charge in [-0.05, 0) is 6.42 Å². The van der Waals surface area contributed by atoms with E-state index in [9.17, 15) is 13.2 Å². The number of hydrogen-bond donors (Lipinski definition) is 1. The van der Waals surface area contributed by atoms with Gasteiger partial charge in [-0.3, -0.25) is 9.52 Å². The van der Waals surface area contributed by atoms with Gasteiger partial charge in [0.1, 0.15) is 0 Å². The summed E-state index contributed by atoms with van der Waals surface area (Å²) in [5, 5.41) is 0. The number of sulfonamides is 1. The summed E-state index contributed by atoms with van der Waals surface area (Å²) in [4.78, 5) is 10.2. The van der Waals surface area contributed by atoms with Crippen molar-refractivity contribution in [1.82, 2.24) is 4.72 Å². The van der Waals surface area contributed by atoms with Gasteiger partial charge in [0.2, 0.25) is 15.9 Å². The van der Waals surface area contributed by atoms with Crippen molar-refractivity contribution in [3.63, 3.8) is 0 Å². The maximum Gasteiger partial charge on any atom is 1.00 e. The molecular weight excluding hydrogens is 177 g/mol. The van der Waals surface area contributed by atoms with Crippen LogP contribution in [0.3, 0.4) is 0 Å². The van der Waals surface area contributed by atoms with Gasteiger partial charge < -0.3 is 1.43 Å². The summed E-state index contributed by atoms with van der Waals surface area (Å²) >= 11 is 0. The van der Waals surface area contributed by atoms with E-state index in [-0.39, 0.29) is 36.7 Å². The fourth-order valence-corrected chi connectivity index (χ4v) is 1.62. The zero-order chi connectivity index (χ0) is 8.20. The van der Waals surface area contributed by atoms with Crippen molar-refractivity contribution >= 4 is 15.9 Å². The van der Waals surface area contributed by atoms with Gasteiger partial charge in [-0.15, -0.1) is 0 Å². The van der Waals surface area contributed by atoms with E-state index in [1.54, 1.807) is 6.92 Å². The Hall–Kier alpha value is 0.420. The molecule has 0 aliphatic rings. The second-order valence-electron chi connectivity index (χ2n) is 1.98. The van der Waals surface area contributed by atoms with Crippen molar-refractivity contribution in [2.75, 3.05) is 5.75 Å². The van der Waals surface area contributed by atoms with Gasteiger partial charge >= 0.3 is 29.6 Å². The number of hydrogen-bond acceptors (Lipinski definition) is 3. The van der Waals surface area contributed by atoms with Crippen molar-refractivity contribution in [2.45, 2.75) is 20.3 Å². The summed E-state index contributed by atoms with van der Waals surface area (Å²) in [6, 6.07) is 0. The molecule has 0 atom stereocenters. The molecule has 0 saturated carbocycles. The van der Waals surface area contributed by atoms with Crippen LogP contribution in [0.25, 0.3) is 0 Å². The largest absolute Gasteiger partial charge is 1.00 e. The van der Waals surface area contributed by atoms with Gasteiger partial charge in [-0.25, -0.2) is 8.42 Å². The van der Waals surface area contributed by atoms with Gasteiger partial charge in [-0.2, -0.15) is 0 Å². The smallest absolute Gasteiger partial charge is 1.00 e. The Morgan fingerprint density at radius 1 is 1.55 bits per heavy atom. The number of rotatable bonds is 3. The maximum absolute atomic E-state index is 10.7. The standard InChI is InChI=1S/C5H11NO3S.Na.H/c1-3-4-10(8,9)6-5(2)7;;/h3-4H2,1-2H3,(H,6,7);;/q;+1;-1. The molecule has 0 fully saturated rings. The molecule has 0 aromatic rings. The summed E-state index contributed by atoms with van der Waals surface area (Å²) in [5.41, 5.74) is 0.